The molecule has 2 aromatic rings. The summed E-state index contributed by atoms with van der Waals surface area (Å²) in [7, 11) is 1.68. The van der Waals surface area contributed by atoms with Gasteiger partial charge in [0.15, 0.2) is 0 Å². The lowest BCUT2D eigenvalue weighted by atomic mass is 10.3. The number of methoxy groups -OCH3 is 1. The van der Waals surface area contributed by atoms with Crippen LogP contribution >= 0.6 is 11.8 Å². The van der Waals surface area contributed by atoms with Crippen LogP contribution in [-0.2, 0) is 5.75 Å². The average molecular weight is 275 g/mol. The summed E-state index contributed by atoms with van der Waals surface area (Å²) < 4.78 is 5.32. The highest BCUT2D eigenvalue weighted by molar-refractivity contribution is 7.98. The summed E-state index contributed by atoms with van der Waals surface area (Å²) in [4.78, 5) is 9.80. The maximum Gasteiger partial charge on any atom is 0.144 e. The highest BCUT2D eigenvalue weighted by Crippen LogP contribution is 2.30. The second-order valence-corrected chi connectivity index (χ2v) is 4.88. The van der Waals surface area contributed by atoms with Crippen molar-refractivity contribution in [2.24, 2.45) is 0 Å². The molecular formula is C14H17N3OS. The molecule has 4 nitrogen and oxygen atoms in total. The van der Waals surface area contributed by atoms with Crippen LogP contribution in [0.3, 0.4) is 0 Å². The number of nitrogens with one attached hydrogen (secondary N) is 1. The lowest BCUT2D eigenvalue weighted by Crippen LogP contribution is -2.00. The number of hydrogen-bond donors (Lipinski definition) is 1. The van der Waals surface area contributed by atoms with Gasteiger partial charge < -0.3 is 10.1 Å². The largest absolute Gasteiger partial charge is 0.496 e. The molecule has 0 radical (unpaired) electrons. The zero-order valence-corrected chi connectivity index (χ0v) is 11.9. The van der Waals surface area contributed by atoms with Crippen LogP contribution in [0.15, 0.2) is 41.6 Å². The minimum atomic E-state index is 0.778. The number of anilines is 1. The predicted molar refractivity (Wildman–Crippen MR) is 78.8 cm³/mol. The summed E-state index contributed by atoms with van der Waals surface area (Å²) >= 11 is 1.70. The van der Waals surface area contributed by atoms with E-state index < -0.39 is 0 Å². The molecule has 0 aliphatic heterocycles. The molecular weight excluding hydrogens is 258 g/mol. The van der Waals surface area contributed by atoms with Crippen molar-refractivity contribution >= 4 is 17.6 Å². The monoisotopic (exact) mass is 275 g/mol. The van der Waals surface area contributed by atoms with Crippen LogP contribution < -0.4 is 10.1 Å². The summed E-state index contributed by atoms with van der Waals surface area (Å²) in [5.41, 5.74) is 0.956. The number of hydrogen-bond acceptors (Lipinski definition) is 5. The molecule has 0 saturated carbocycles. The van der Waals surface area contributed by atoms with Gasteiger partial charge in [0.05, 0.1) is 25.2 Å². The van der Waals surface area contributed by atoms with E-state index in [1.165, 1.54) is 0 Å². The van der Waals surface area contributed by atoms with Gasteiger partial charge in [0, 0.05) is 17.2 Å². The minimum absolute atomic E-state index is 0.778. The summed E-state index contributed by atoms with van der Waals surface area (Å²) in [6.07, 6.45) is 3.57. The third kappa shape index (κ3) is 3.86. The van der Waals surface area contributed by atoms with Gasteiger partial charge in [-0.1, -0.05) is 12.1 Å². The number of ether oxygens (including phenoxy) is 1. The first-order valence-corrected chi connectivity index (χ1v) is 7.12. The van der Waals surface area contributed by atoms with Crippen molar-refractivity contribution in [3.63, 3.8) is 0 Å². The molecule has 0 atom stereocenters. The summed E-state index contributed by atoms with van der Waals surface area (Å²) in [5, 5.41) is 3.13. The van der Waals surface area contributed by atoms with Gasteiger partial charge in [-0.2, -0.15) is 0 Å². The lowest BCUT2D eigenvalue weighted by molar-refractivity contribution is 0.405. The highest BCUT2D eigenvalue weighted by atomic mass is 32.2. The third-order valence-electron chi connectivity index (χ3n) is 2.51. The van der Waals surface area contributed by atoms with E-state index in [2.05, 4.69) is 15.3 Å². The Morgan fingerprint density at radius 3 is 2.74 bits per heavy atom. The van der Waals surface area contributed by atoms with Gasteiger partial charge in [-0.05, 0) is 19.1 Å². The Kier molecular flexibility index (Phi) is 5.03. The van der Waals surface area contributed by atoms with Crippen molar-refractivity contribution in [3.8, 4) is 5.75 Å². The molecule has 5 heteroatoms. The zero-order valence-electron chi connectivity index (χ0n) is 11.1. The Morgan fingerprint density at radius 1 is 1.21 bits per heavy atom. The van der Waals surface area contributed by atoms with Gasteiger partial charge in [0.1, 0.15) is 11.6 Å². The molecule has 0 amide bonds. The quantitative estimate of drug-likeness (QED) is 0.820. The Morgan fingerprint density at radius 2 is 2.05 bits per heavy atom. The van der Waals surface area contributed by atoms with Crippen LogP contribution in [0.4, 0.5) is 5.82 Å². The van der Waals surface area contributed by atoms with E-state index >= 15 is 0 Å². The van der Waals surface area contributed by atoms with Crippen LogP contribution in [-0.4, -0.2) is 23.6 Å². The second kappa shape index (κ2) is 6.99. The molecule has 0 fully saturated rings. The van der Waals surface area contributed by atoms with Gasteiger partial charge in [-0.15, -0.1) is 11.8 Å². The molecule has 1 heterocycles. The van der Waals surface area contributed by atoms with Crippen molar-refractivity contribution in [2.75, 3.05) is 19.0 Å². The van der Waals surface area contributed by atoms with E-state index in [9.17, 15) is 0 Å². The number of thioether (sulfide) groups is 1. The van der Waals surface area contributed by atoms with Crippen molar-refractivity contribution < 1.29 is 4.74 Å². The van der Waals surface area contributed by atoms with Crippen molar-refractivity contribution in [3.05, 3.63) is 42.4 Å². The van der Waals surface area contributed by atoms with Gasteiger partial charge in [0.25, 0.3) is 0 Å². The number of para-hydroxylation sites is 1. The fraction of sp³-hybridized carbons (Fsp3) is 0.286. The van der Waals surface area contributed by atoms with Crippen molar-refractivity contribution in [2.45, 2.75) is 17.6 Å². The summed E-state index contributed by atoms with van der Waals surface area (Å²) in [5.74, 6) is 2.48. The molecule has 19 heavy (non-hydrogen) atoms. The molecule has 0 bridgehead atoms. The smallest absolute Gasteiger partial charge is 0.144 e. The fourth-order valence-corrected chi connectivity index (χ4v) is 2.51. The van der Waals surface area contributed by atoms with E-state index in [1.807, 2.05) is 31.2 Å². The van der Waals surface area contributed by atoms with E-state index in [4.69, 9.17) is 4.74 Å². The second-order valence-electron chi connectivity index (χ2n) is 3.86. The minimum Gasteiger partial charge on any atom is -0.496 e. The standard InChI is InChI=1S/C14H17N3OS/c1-3-15-14-9-16-11(8-17-14)10-19-13-7-5-4-6-12(13)18-2/h4-9H,3,10H2,1-2H3,(H,15,17). The predicted octanol–water partition coefficient (Wildman–Crippen LogP) is 3.21. The van der Waals surface area contributed by atoms with Gasteiger partial charge in [-0.3, -0.25) is 4.98 Å². The third-order valence-corrected chi connectivity index (χ3v) is 3.60. The Bertz CT molecular complexity index is 516. The van der Waals surface area contributed by atoms with Crippen LogP contribution in [0.1, 0.15) is 12.6 Å². The summed E-state index contributed by atoms with van der Waals surface area (Å²) in [6, 6.07) is 7.98. The molecule has 2 rings (SSSR count). The van der Waals surface area contributed by atoms with Crippen molar-refractivity contribution in [1.29, 1.82) is 0 Å². The SMILES string of the molecule is CCNc1cnc(CSc2ccccc2OC)cn1. The first-order chi connectivity index (χ1) is 9.33. The number of rotatable bonds is 6. The van der Waals surface area contributed by atoms with E-state index in [0.717, 1.165) is 34.5 Å². The Balaban J connectivity index is 1.98. The molecule has 0 unspecified atom stereocenters. The number of benzene rings is 1. The van der Waals surface area contributed by atoms with E-state index in [-0.39, 0.29) is 0 Å². The van der Waals surface area contributed by atoms with E-state index in [0.29, 0.717) is 0 Å². The van der Waals surface area contributed by atoms with Gasteiger partial charge >= 0.3 is 0 Å². The first kappa shape index (κ1) is 13.7. The normalized spacial score (nSPS) is 10.2. The van der Waals surface area contributed by atoms with Gasteiger partial charge in [-0.25, -0.2) is 4.98 Å². The Labute approximate surface area is 117 Å². The molecule has 0 aliphatic carbocycles. The number of aromatic nitrogens is 2. The molecule has 0 aliphatic rings. The van der Waals surface area contributed by atoms with Crippen LogP contribution in [0.5, 0.6) is 5.75 Å². The topological polar surface area (TPSA) is 47.0 Å². The first-order valence-electron chi connectivity index (χ1n) is 6.14. The molecule has 1 N–H and O–H groups in total. The highest BCUT2D eigenvalue weighted by Gasteiger charge is 2.04. The molecule has 1 aromatic carbocycles. The Hall–Kier alpha value is -1.75. The van der Waals surface area contributed by atoms with Crippen molar-refractivity contribution in [1.82, 2.24) is 9.97 Å². The molecule has 100 valence electrons. The summed E-state index contributed by atoms with van der Waals surface area (Å²) in [6.45, 7) is 2.89. The van der Waals surface area contributed by atoms with Crippen LogP contribution in [0.25, 0.3) is 0 Å². The van der Waals surface area contributed by atoms with E-state index in [1.54, 1.807) is 31.3 Å². The molecule has 1 aromatic heterocycles. The fourth-order valence-electron chi connectivity index (χ4n) is 1.59. The van der Waals surface area contributed by atoms with Crippen LogP contribution in [0.2, 0.25) is 0 Å². The van der Waals surface area contributed by atoms with Gasteiger partial charge in [0.2, 0.25) is 0 Å². The average Bonchev–Trinajstić information content (AvgIpc) is 2.47. The maximum atomic E-state index is 5.32. The zero-order chi connectivity index (χ0) is 13.5. The van der Waals surface area contributed by atoms with Crippen LogP contribution in [0, 0.1) is 0 Å². The number of nitrogens with zero attached hydrogens (tertiary/aromatic N) is 2. The molecule has 0 spiro atoms. The lowest BCUT2D eigenvalue weighted by Gasteiger charge is -2.07. The molecule has 0 saturated heterocycles. The maximum absolute atomic E-state index is 5.32.